The van der Waals surface area contributed by atoms with E-state index in [4.69, 9.17) is 16.6 Å². The lowest BCUT2D eigenvalue weighted by atomic mass is 10.1. The molecule has 1 fully saturated rings. The van der Waals surface area contributed by atoms with Gasteiger partial charge < -0.3 is 24.8 Å². The third-order valence-corrected chi connectivity index (χ3v) is 9.30. The first kappa shape index (κ1) is 33.1. The average Bonchev–Trinajstić information content (AvgIpc) is 3.42. The Bertz CT molecular complexity index is 2160. The van der Waals surface area contributed by atoms with Crippen LogP contribution in [0.3, 0.4) is 0 Å². The molecule has 0 spiro atoms. The van der Waals surface area contributed by atoms with Crippen molar-refractivity contribution in [2.45, 2.75) is 39.9 Å². The molecule has 2 amide bonds. The zero-order chi connectivity index (χ0) is 34.5. The molecule has 0 bridgehead atoms. The molecule has 1 saturated heterocycles. The molecule has 12 nitrogen and oxygen atoms in total. The van der Waals surface area contributed by atoms with Crippen molar-refractivity contribution in [1.29, 1.82) is 0 Å². The minimum Gasteiger partial charge on any atom is -0.504 e. The maximum atomic E-state index is 14.2. The molecule has 0 saturated carbocycles. The van der Waals surface area contributed by atoms with Crippen molar-refractivity contribution in [3.63, 3.8) is 0 Å². The fourth-order valence-corrected chi connectivity index (χ4v) is 6.74. The minimum atomic E-state index is -4.60. The molecule has 5 aromatic rings. The van der Waals surface area contributed by atoms with Crippen LogP contribution in [0.15, 0.2) is 35.4 Å². The molecule has 1 aromatic carbocycles. The number of aromatic nitrogens is 5. The van der Waals surface area contributed by atoms with Crippen molar-refractivity contribution < 1.29 is 27.9 Å². The van der Waals surface area contributed by atoms with Gasteiger partial charge in [0.2, 0.25) is 11.3 Å². The Kier molecular flexibility index (Phi) is 8.72. The predicted molar refractivity (Wildman–Crippen MR) is 175 cm³/mol. The monoisotopic (exact) mass is 700 g/mol. The van der Waals surface area contributed by atoms with Gasteiger partial charge in [-0.15, -0.1) is 11.3 Å². The van der Waals surface area contributed by atoms with E-state index in [-0.39, 0.29) is 77.2 Å². The number of nitrogens with zero attached hydrogens (tertiary/aromatic N) is 7. The summed E-state index contributed by atoms with van der Waals surface area (Å²) in [4.78, 5) is 62.9. The second-order valence-electron chi connectivity index (χ2n) is 11.2. The van der Waals surface area contributed by atoms with E-state index >= 15 is 0 Å². The first-order valence-corrected chi connectivity index (χ1v) is 16.0. The van der Waals surface area contributed by atoms with Gasteiger partial charge in [-0.3, -0.25) is 14.4 Å². The number of aryl methyl sites for hydroxylation is 2. The number of anilines is 2. The van der Waals surface area contributed by atoms with Crippen LogP contribution in [0.2, 0.25) is 5.02 Å². The lowest BCUT2D eigenvalue weighted by Crippen LogP contribution is -2.50. The summed E-state index contributed by atoms with van der Waals surface area (Å²) in [7, 11) is 0. The SMILES string of the molecule is CCc1c(N2CCN(C(=O)c3ncnc(C)c3O)CC2)c(=O)c2nc3sc(C)cc3nc2n1CC(=O)Nc1ccc(C(F)(F)F)cc1Cl. The van der Waals surface area contributed by atoms with Gasteiger partial charge in [0.1, 0.15) is 28.9 Å². The lowest BCUT2D eigenvalue weighted by Gasteiger charge is -2.37. The number of benzene rings is 1. The van der Waals surface area contributed by atoms with Crippen LogP contribution >= 0.6 is 22.9 Å². The quantitative estimate of drug-likeness (QED) is 0.251. The summed E-state index contributed by atoms with van der Waals surface area (Å²) >= 11 is 7.47. The molecule has 1 aliphatic rings. The zero-order valence-electron chi connectivity index (χ0n) is 25.9. The molecule has 4 aromatic heterocycles. The number of alkyl halides is 3. The van der Waals surface area contributed by atoms with Gasteiger partial charge in [0.25, 0.3) is 5.91 Å². The van der Waals surface area contributed by atoms with Crippen LogP contribution < -0.4 is 15.6 Å². The maximum absolute atomic E-state index is 14.2. The number of carbonyl (C=O) groups is 2. The van der Waals surface area contributed by atoms with Gasteiger partial charge in [0.05, 0.1) is 22.0 Å². The molecule has 0 atom stereocenters. The highest BCUT2D eigenvalue weighted by molar-refractivity contribution is 7.18. The lowest BCUT2D eigenvalue weighted by molar-refractivity contribution is -0.137. The number of amides is 2. The number of pyridine rings is 1. The summed E-state index contributed by atoms with van der Waals surface area (Å²) in [5, 5.41) is 12.6. The fourth-order valence-electron chi connectivity index (χ4n) is 5.69. The third kappa shape index (κ3) is 6.12. The van der Waals surface area contributed by atoms with E-state index in [1.807, 2.05) is 24.8 Å². The molecule has 6 rings (SSSR count). The summed E-state index contributed by atoms with van der Waals surface area (Å²) in [5.74, 6) is -1.37. The molecular formula is C31H28ClF3N8O4S. The van der Waals surface area contributed by atoms with Crippen molar-refractivity contribution >= 4 is 67.6 Å². The second kappa shape index (κ2) is 12.6. The summed E-state index contributed by atoms with van der Waals surface area (Å²) in [6, 6.07) is 4.47. The van der Waals surface area contributed by atoms with Gasteiger partial charge >= 0.3 is 6.18 Å². The highest BCUT2D eigenvalue weighted by Gasteiger charge is 2.32. The van der Waals surface area contributed by atoms with Crippen LogP contribution in [0, 0.1) is 13.8 Å². The van der Waals surface area contributed by atoms with Gasteiger partial charge in [-0.2, -0.15) is 13.2 Å². The number of hydrogen-bond donors (Lipinski definition) is 2. The van der Waals surface area contributed by atoms with Gasteiger partial charge in [0, 0.05) is 36.8 Å². The van der Waals surface area contributed by atoms with Gasteiger partial charge in [-0.05, 0) is 44.5 Å². The van der Waals surface area contributed by atoms with Crippen molar-refractivity contribution in [2.24, 2.45) is 0 Å². The first-order chi connectivity index (χ1) is 22.8. The topological polar surface area (TPSA) is 146 Å². The normalized spacial score (nSPS) is 13.8. The molecule has 5 heterocycles. The van der Waals surface area contributed by atoms with Gasteiger partial charge in [-0.25, -0.2) is 19.9 Å². The van der Waals surface area contributed by atoms with E-state index in [0.717, 1.165) is 23.1 Å². The molecule has 250 valence electrons. The molecule has 17 heteroatoms. The van der Waals surface area contributed by atoms with E-state index in [2.05, 4.69) is 20.3 Å². The number of fused-ring (bicyclic) bond motifs is 2. The Morgan fingerprint density at radius 2 is 1.81 bits per heavy atom. The van der Waals surface area contributed by atoms with E-state index in [0.29, 0.717) is 28.1 Å². The van der Waals surface area contributed by atoms with Gasteiger partial charge in [0.15, 0.2) is 22.6 Å². The highest BCUT2D eigenvalue weighted by atomic mass is 35.5. The number of carbonyl (C=O) groups excluding carboxylic acids is 2. The van der Waals surface area contributed by atoms with E-state index in [1.165, 1.54) is 22.6 Å². The third-order valence-electron chi connectivity index (χ3n) is 8.05. The van der Waals surface area contributed by atoms with Crippen LogP contribution in [0.1, 0.15) is 39.2 Å². The van der Waals surface area contributed by atoms with E-state index < -0.39 is 23.6 Å². The summed E-state index contributed by atoms with van der Waals surface area (Å²) in [6.07, 6.45) is -3.09. The predicted octanol–water partition coefficient (Wildman–Crippen LogP) is 4.95. The molecule has 0 aliphatic carbocycles. The van der Waals surface area contributed by atoms with Crippen LogP contribution in [0.5, 0.6) is 5.75 Å². The Labute approximate surface area is 279 Å². The largest absolute Gasteiger partial charge is 0.504 e. The molecule has 0 unspecified atom stereocenters. The zero-order valence-corrected chi connectivity index (χ0v) is 27.4. The number of thiophene rings is 1. The molecule has 2 N–H and O–H groups in total. The minimum absolute atomic E-state index is 0.00840. The average molecular weight is 701 g/mol. The maximum Gasteiger partial charge on any atom is 0.416 e. The number of nitrogens with one attached hydrogen (secondary N) is 1. The van der Waals surface area contributed by atoms with Gasteiger partial charge in [-0.1, -0.05) is 18.5 Å². The van der Waals surface area contributed by atoms with Crippen molar-refractivity contribution in [3.05, 3.63) is 73.4 Å². The van der Waals surface area contributed by atoms with Crippen LogP contribution in [0.4, 0.5) is 24.5 Å². The Balaban J connectivity index is 1.37. The Morgan fingerprint density at radius 3 is 2.48 bits per heavy atom. The van der Waals surface area contributed by atoms with E-state index in [1.54, 1.807) is 11.5 Å². The molecule has 0 radical (unpaired) electrons. The molecule has 48 heavy (non-hydrogen) atoms. The van der Waals surface area contributed by atoms with Crippen LogP contribution in [-0.2, 0) is 23.9 Å². The number of aromatic hydroxyl groups is 1. The Hall–Kier alpha value is -4.83. The van der Waals surface area contributed by atoms with Crippen LogP contribution in [0.25, 0.3) is 21.5 Å². The van der Waals surface area contributed by atoms with Crippen molar-refractivity contribution in [3.8, 4) is 5.75 Å². The number of piperazine rings is 1. The molecular weight excluding hydrogens is 673 g/mol. The van der Waals surface area contributed by atoms with E-state index in [9.17, 15) is 32.7 Å². The Morgan fingerprint density at radius 1 is 1.08 bits per heavy atom. The summed E-state index contributed by atoms with van der Waals surface area (Å²) < 4.78 is 41.1. The highest BCUT2D eigenvalue weighted by Crippen LogP contribution is 2.34. The smallest absolute Gasteiger partial charge is 0.416 e. The summed E-state index contributed by atoms with van der Waals surface area (Å²) in [6.45, 7) is 5.86. The van der Waals surface area contributed by atoms with Crippen LogP contribution in [-0.4, -0.2) is 72.5 Å². The second-order valence-corrected chi connectivity index (χ2v) is 12.8. The number of rotatable bonds is 6. The number of halogens is 4. The summed E-state index contributed by atoms with van der Waals surface area (Å²) in [5.41, 5.74) is 0.408. The number of hydrogen-bond acceptors (Lipinski definition) is 10. The standard InChI is InChI=1S/C31H28ClF3N8O4S/c1-4-21-25(41-7-9-42(10-8-41)30(47)24-26(45)16(3)36-14-37-24)27(46)23-28(39-20-11-15(2)48-29(20)40-23)43(21)13-22(44)38-19-6-5-17(12-18(19)32)31(33,34)35/h5-6,11-12,14,45H,4,7-10,13H2,1-3H3,(H,38,44). The van der Waals surface area contributed by atoms with Crippen molar-refractivity contribution in [2.75, 3.05) is 36.4 Å². The molecule has 1 aliphatic heterocycles. The van der Waals surface area contributed by atoms with Crippen molar-refractivity contribution in [1.82, 2.24) is 29.4 Å². The first-order valence-electron chi connectivity index (χ1n) is 14.8. The fraction of sp³-hybridized carbons (Fsp3) is 0.323.